The highest BCUT2D eigenvalue weighted by Gasteiger charge is 2.21. The molecule has 0 aliphatic carbocycles. The van der Waals surface area contributed by atoms with Gasteiger partial charge in [-0.05, 0) is 37.0 Å². The molecule has 5 heteroatoms. The van der Waals surface area contributed by atoms with Crippen LogP contribution in [0, 0.1) is 0 Å². The second-order valence-electron chi connectivity index (χ2n) is 5.35. The van der Waals surface area contributed by atoms with Crippen LogP contribution >= 0.6 is 0 Å². The molecule has 0 unspecified atom stereocenters. The minimum absolute atomic E-state index is 0.451. The van der Waals surface area contributed by atoms with Gasteiger partial charge in [0.1, 0.15) is 0 Å². The van der Waals surface area contributed by atoms with Crippen molar-refractivity contribution in [3.05, 3.63) is 48.0 Å². The largest absolute Gasteiger partial charge is 0.478 e. The Balaban J connectivity index is 1.71. The third-order valence-electron chi connectivity index (χ3n) is 3.98. The molecule has 0 amide bonds. The van der Waals surface area contributed by atoms with Gasteiger partial charge in [0.15, 0.2) is 0 Å². The van der Waals surface area contributed by atoms with Crippen LogP contribution in [0.4, 0.5) is 5.69 Å². The zero-order valence-corrected chi connectivity index (χ0v) is 11.9. The van der Waals surface area contributed by atoms with Crippen molar-refractivity contribution in [1.82, 2.24) is 9.55 Å². The molecule has 1 aliphatic rings. The Morgan fingerprint density at radius 2 is 2.24 bits per heavy atom. The monoisotopic (exact) mass is 285 g/mol. The number of aromatic carboxylic acids is 1. The number of benzene rings is 1. The van der Waals surface area contributed by atoms with Gasteiger partial charge < -0.3 is 14.6 Å². The summed E-state index contributed by atoms with van der Waals surface area (Å²) in [5.74, 6) is -0.827. The Morgan fingerprint density at radius 3 is 3.00 bits per heavy atom. The van der Waals surface area contributed by atoms with Gasteiger partial charge in [-0.2, -0.15) is 0 Å². The normalized spacial score (nSPS) is 14.0. The van der Waals surface area contributed by atoms with Gasteiger partial charge in [-0.3, -0.25) is 0 Å². The average molecular weight is 285 g/mol. The Morgan fingerprint density at radius 1 is 1.33 bits per heavy atom. The van der Waals surface area contributed by atoms with E-state index in [1.165, 1.54) is 0 Å². The molecule has 3 rings (SSSR count). The Bertz CT molecular complexity index is 622. The first kappa shape index (κ1) is 13.7. The summed E-state index contributed by atoms with van der Waals surface area (Å²) >= 11 is 0. The summed E-state index contributed by atoms with van der Waals surface area (Å²) in [5.41, 5.74) is 2.53. The van der Waals surface area contributed by atoms with E-state index in [1.54, 1.807) is 12.3 Å². The van der Waals surface area contributed by atoms with Crippen molar-refractivity contribution < 1.29 is 9.90 Å². The van der Waals surface area contributed by atoms with Gasteiger partial charge in [0, 0.05) is 37.7 Å². The standard InChI is InChI=1S/C16H19N3O2/c20-16(21)14-4-1-6-15-13(14)5-2-9-19(15)10-3-8-18-11-7-17-12-18/h1,4,6-7,11-12H,2-3,5,8-10H2,(H,20,21). The topological polar surface area (TPSA) is 58.4 Å². The number of aryl methyl sites for hydroxylation is 1. The molecular formula is C16H19N3O2. The summed E-state index contributed by atoms with van der Waals surface area (Å²) in [6, 6.07) is 5.59. The molecule has 21 heavy (non-hydrogen) atoms. The first-order valence-electron chi connectivity index (χ1n) is 7.31. The number of rotatable bonds is 5. The zero-order chi connectivity index (χ0) is 14.7. The van der Waals surface area contributed by atoms with Gasteiger partial charge in [0.05, 0.1) is 11.9 Å². The highest BCUT2D eigenvalue weighted by molar-refractivity contribution is 5.91. The van der Waals surface area contributed by atoms with E-state index in [4.69, 9.17) is 0 Å². The van der Waals surface area contributed by atoms with Crippen molar-refractivity contribution in [3.63, 3.8) is 0 Å². The summed E-state index contributed by atoms with van der Waals surface area (Å²) < 4.78 is 2.07. The highest BCUT2D eigenvalue weighted by atomic mass is 16.4. The third kappa shape index (κ3) is 2.91. The second kappa shape index (κ2) is 5.99. The fraction of sp³-hybridized carbons (Fsp3) is 0.375. The molecule has 5 nitrogen and oxygen atoms in total. The lowest BCUT2D eigenvalue weighted by atomic mass is 9.96. The van der Waals surface area contributed by atoms with Gasteiger partial charge >= 0.3 is 5.97 Å². The van der Waals surface area contributed by atoms with Crippen LogP contribution in [0.5, 0.6) is 0 Å². The van der Waals surface area contributed by atoms with Gasteiger partial charge in [0.25, 0.3) is 0 Å². The number of hydrogen-bond acceptors (Lipinski definition) is 3. The molecule has 110 valence electrons. The summed E-state index contributed by atoms with van der Waals surface area (Å²) in [7, 11) is 0. The van der Waals surface area contributed by atoms with Gasteiger partial charge in [-0.15, -0.1) is 0 Å². The number of fused-ring (bicyclic) bond motifs is 1. The third-order valence-corrected chi connectivity index (χ3v) is 3.98. The number of carboxylic acid groups (broad SMARTS) is 1. The van der Waals surface area contributed by atoms with Crippen molar-refractivity contribution in [1.29, 1.82) is 0 Å². The van der Waals surface area contributed by atoms with Crippen LogP contribution in [0.1, 0.15) is 28.8 Å². The minimum Gasteiger partial charge on any atom is -0.478 e. The Hall–Kier alpha value is -2.30. The fourth-order valence-corrected chi connectivity index (χ4v) is 3.00. The average Bonchev–Trinajstić information content (AvgIpc) is 3.00. The van der Waals surface area contributed by atoms with E-state index in [1.807, 2.05) is 24.7 Å². The number of nitrogens with zero attached hydrogens (tertiary/aromatic N) is 3. The predicted molar refractivity (Wildman–Crippen MR) is 80.8 cm³/mol. The van der Waals surface area contributed by atoms with Gasteiger partial charge in [-0.1, -0.05) is 6.07 Å². The summed E-state index contributed by atoms with van der Waals surface area (Å²) in [6.07, 6.45) is 8.47. The quantitative estimate of drug-likeness (QED) is 0.916. The van der Waals surface area contributed by atoms with Crippen molar-refractivity contribution in [2.45, 2.75) is 25.8 Å². The molecule has 0 radical (unpaired) electrons. The van der Waals surface area contributed by atoms with Crippen molar-refractivity contribution >= 4 is 11.7 Å². The molecule has 1 aromatic carbocycles. The molecule has 0 saturated carbocycles. The summed E-state index contributed by atoms with van der Waals surface area (Å²) in [5, 5.41) is 9.30. The summed E-state index contributed by atoms with van der Waals surface area (Å²) in [4.78, 5) is 17.7. The molecule has 0 spiro atoms. The molecular weight excluding hydrogens is 266 g/mol. The van der Waals surface area contributed by atoms with Crippen molar-refractivity contribution in [2.24, 2.45) is 0 Å². The van der Waals surface area contributed by atoms with Crippen LogP contribution in [0.25, 0.3) is 0 Å². The summed E-state index contributed by atoms with van der Waals surface area (Å²) in [6.45, 7) is 2.87. The van der Waals surface area contributed by atoms with Crippen LogP contribution in [-0.4, -0.2) is 33.7 Å². The van der Waals surface area contributed by atoms with E-state index in [0.29, 0.717) is 5.56 Å². The van der Waals surface area contributed by atoms with Crippen LogP contribution in [0.15, 0.2) is 36.9 Å². The van der Waals surface area contributed by atoms with E-state index in [-0.39, 0.29) is 0 Å². The first-order valence-corrected chi connectivity index (χ1v) is 7.31. The maximum atomic E-state index is 11.3. The number of anilines is 1. The number of imidazole rings is 1. The molecule has 0 bridgehead atoms. The van der Waals surface area contributed by atoms with E-state index >= 15 is 0 Å². The van der Waals surface area contributed by atoms with Crippen molar-refractivity contribution in [3.8, 4) is 0 Å². The lowest BCUT2D eigenvalue weighted by molar-refractivity contribution is 0.0695. The van der Waals surface area contributed by atoms with Gasteiger partial charge in [0.2, 0.25) is 0 Å². The molecule has 1 aliphatic heterocycles. The SMILES string of the molecule is O=C(O)c1cccc2c1CCCN2CCCn1ccnc1. The molecule has 1 aromatic heterocycles. The lowest BCUT2D eigenvalue weighted by Crippen LogP contribution is -2.31. The van der Waals surface area contributed by atoms with E-state index in [2.05, 4.69) is 14.5 Å². The van der Waals surface area contributed by atoms with Crippen LogP contribution < -0.4 is 4.90 Å². The minimum atomic E-state index is -0.827. The number of carbonyl (C=O) groups is 1. The molecule has 2 aromatic rings. The maximum Gasteiger partial charge on any atom is 0.336 e. The fourth-order valence-electron chi connectivity index (χ4n) is 3.00. The maximum absolute atomic E-state index is 11.3. The van der Waals surface area contributed by atoms with E-state index in [9.17, 15) is 9.90 Å². The molecule has 0 atom stereocenters. The Labute approximate surface area is 123 Å². The van der Waals surface area contributed by atoms with Crippen LogP contribution in [0.2, 0.25) is 0 Å². The molecule has 0 fully saturated rings. The van der Waals surface area contributed by atoms with Crippen molar-refractivity contribution in [2.75, 3.05) is 18.0 Å². The first-order chi connectivity index (χ1) is 10.3. The van der Waals surface area contributed by atoms with Gasteiger partial charge in [-0.25, -0.2) is 9.78 Å². The highest BCUT2D eigenvalue weighted by Crippen LogP contribution is 2.30. The predicted octanol–water partition coefficient (Wildman–Crippen LogP) is 2.42. The lowest BCUT2D eigenvalue weighted by Gasteiger charge is -2.32. The molecule has 0 saturated heterocycles. The zero-order valence-electron chi connectivity index (χ0n) is 11.9. The van der Waals surface area contributed by atoms with Crippen LogP contribution in [0.3, 0.4) is 0 Å². The second-order valence-corrected chi connectivity index (χ2v) is 5.35. The molecule has 2 heterocycles. The van der Waals surface area contributed by atoms with E-state index < -0.39 is 5.97 Å². The van der Waals surface area contributed by atoms with E-state index in [0.717, 1.165) is 50.1 Å². The molecule has 1 N–H and O–H groups in total. The number of aromatic nitrogens is 2. The van der Waals surface area contributed by atoms with Crippen LogP contribution in [-0.2, 0) is 13.0 Å². The Kier molecular flexibility index (Phi) is 3.90. The number of carboxylic acids is 1. The number of hydrogen-bond donors (Lipinski definition) is 1. The smallest absolute Gasteiger partial charge is 0.336 e.